The minimum atomic E-state index is 0.272. The maximum atomic E-state index is 5.64. The Morgan fingerprint density at radius 3 is 2.76 bits per heavy atom. The van der Waals surface area contributed by atoms with E-state index >= 15 is 0 Å². The molecular weight excluding hydrogens is 234 g/mol. The van der Waals surface area contributed by atoms with Crippen molar-refractivity contribution in [2.24, 2.45) is 10.7 Å². The minimum absolute atomic E-state index is 0.272. The second-order valence-electron chi connectivity index (χ2n) is 4.30. The number of benzene rings is 1. The zero-order chi connectivity index (χ0) is 12.1. The lowest BCUT2D eigenvalue weighted by Crippen LogP contribution is -2.29. The molecule has 0 bridgehead atoms. The molecule has 0 aromatic heterocycles. The van der Waals surface area contributed by atoms with E-state index in [0.29, 0.717) is 5.84 Å². The highest BCUT2D eigenvalue weighted by atomic mass is 35.5. The second-order valence-corrected chi connectivity index (χ2v) is 4.57. The summed E-state index contributed by atoms with van der Waals surface area (Å²) < 4.78 is 0. The molecular formula is C13H18ClN3. The van der Waals surface area contributed by atoms with Gasteiger partial charge in [-0.2, -0.15) is 0 Å². The summed E-state index contributed by atoms with van der Waals surface area (Å²) in [5.41, 5.74) is 7.75. The highest BCUT2D eigenvalue weighted by molar-refractivity contribution is 6.28. The molecule has 0 saturated carbocycles. The van der Waals surface area contributed by atoms with Gasteiger partial charge in [0.25, 0.3) is 0 Å². The van der Waals surface area contributed by atoms with Crippen LogP contribution in [-0.2, 0) is 0 Å². The van der Waals surface area contributed by atoms with Gasteiger partial charge in [-0.05, 0) is 37.5 Å². The molecule has 0 spiro atoms. The molecule has 92 valence electrons. The van der Waals surface area contributed by atoms with Gasteiger partial charge in [0, 0.05) is 18.8 Å². The Balaban J connectivity index is 2.15. The van der Waals surface area contributed by atoms with E-state index < -0.39 is 0 Å². The molecule has 0 amide bonds. The number of hydrogen-bond donors (Lipinski definition) is 1. The van der Waals surface area contributed by atoms with E-state index in [0.717, 1.165) is 18.8 Å². The van der Waals surface area contributed by atoms with Gasteiger partial charge in [-0.3, -0.25) is 0 Å². The molecule has 2 N–H and O–H groups in total. The Kier molecular flexibility index (Phi) is 4.26. The maximum Gasteiger partial charge on any atom is 0.115 e. The van der Waals surface area contributed by atoms with Crippen molar-refractivity contribution >= 4 is 28.8 Å². The second kappa shape index (κ2) is 5.92. The molecule has 0 unspecified atom stereocenters. The summed E-state index contributed by atoms with van der Waals surface area (Å²) in [6.07, 6.45) is 3.89. The van der Waals surface area contributed by atoms with Gasteiger partial charge in [0.2, 0.25) is 0 Å². The molecule has 2 rings (SSSR count). The van der Waals surface area contributed by atoms with Crippen molar-refractivity contribution in [3.05, 3.63) is 24.3 Å². The molecule has 1 aromatic rings. The summed E-state index contributed by atoms with van der Waals surface area (Å²) in [6, 6.07) is 8.17. The van der Waals surface area contributed by atoms with Crippen LogP contribution >= 0.6 is 11.6 Å². The van der Waals surface area contributed by atoms with Gasteiger partial charge < -0.3 is 10.6 Å². The maximum absolute atomic E-state index is 5.64. The molecule has 3 nitrogen and oxygen atoms in total. The lowest BCUT2D eigenvalue weighted by Gasteiger charge is -2.28. The minimum Gasteiger partial charge on any atom is -0.386 e. The summed E-state index contributed by atoms with van der Waals surface area (Å²) in [6.45, 7) is 2.27. The number of amidine groups is 1. The zero-order valence-electron chi connectivity index (χ0n) is 9.90. The largest absolute Gasteiger partial charge is 0.386 e. The summed E-state index contributed by atoms with van der Waals surface area (Å²) in [7, 11) is 0. The van der Waals surface area contributed by atoms with Gasteiger partial charge in [-0.15, -0.1) is 11.6 Å². The quantitative estimate of drug-likeness (QED) is 0.510. The summed E-state index contributed by atoms with van der Waals surface area (Å²) >= 11 is 5.62. The summed E-state index contributed by atoms with van der Waals surface area (Å²) in [5.74, 6) is 0.732. The lowest BCUT2D eigenvalue weighted by molar-refractivity contribution is 0.578. The number of nitrogens with two attached hydrogens (primary N) is 1. The first-order chi connectivity index (χ1) is 8.29. The number of aliphatic imine (C=N–C) groups is 1. The summed E-state index contributed by atoms with van der Waals surface area (Å²) in [5, 5.41) is 0. The van der Waals surface area contributed by atoms with Gasteiger partial charge in [0.1, 0.15) is 5.84 Å². The smallest absolute Gasteiger partial charge is 0.115 e. The van der Waals surface area contributed by atoms with Gasteiger partial charge in [0.05, 0.1) is 11.6 Å². The fourth-order valence-electron chi connectivity index (χ4n) is 2.11. The molecule has 4 heteroatoms. The van der Waals surface area contributed by atoms with Crippen molar-refractivity contribution < 1.29 is 0 Å². The molecule has 17 heavy (non-hydrogen) atoms. The fourth-order valence-corrected chi connectivity index (χ4v) is 2.17. The Hall–Kier alpha value is -1.22. The zero-order valence-corrected chi connectivity index (χ0v) is 10.7. The predicted octanol–water partition coefficient (Wildman–Crippen LogP) is 2.90. The number of rotatable bonds is 3. The first kappa shape index (κ1) is 12.2. The third kappa shape index (κ3) is 3.37. The van der Waals surface area contributed by atoms with Crippen LogP contribution in [0.15, 0.2) is 29.3 Å². The molecule has 0 aliphatic carbocycles. The van der Waals surface area contributed by atoms with E-state index in [9.17, 15) is 0 Å². The monoisotopic (exact) mass is 251 g/mol. The molecule has 1 aliphatic rings. The van der Waals surface area contributed by atoms with Crippen LogP contribution in [0, 0.1) is 0 Å². The molecule has 1 saturated heterocycles. The van der Waals surface area contributed by atoms with E-state index in [1.165, 1.54) is 24.9 Å². The normalized spacial score (nSPS) is 17.2. The molecule has 0 radical (unpaired) electrons. The van der Waals surface area contributed by atoms with E-state index in [2.05, 4.69) is 22.0 Å². The first-order valence-electron chi connectivity index (χ1n) is 6.03. The van der Waals surface area contributed by atoms with Crippen LogP contribution in [0.25, 0.3) is 0 Å². The molecule has 1 aliphatic heterocycles. The Labute approximate surface area is 107 Å². The first-order valence-corrected chi connectivity index (χ1v) is 6.57. The average Bonchev–Trinajstić information content (AvgIpc) is 2.40. The standard InChI is InChI=1S/C13H18ClN3/c14-10-13(15)16-11-5-4-6-12(9-11)17-7-2-1-3-8-17/h4-6,9H,1-3,7-8,10H2,(H2,15,16). The van der Waals surface area contributed by atoms with Gasteiger partial charge in [-0.25, -0.2) is 4.99 Å². The number of nitrogens with zero attached hydrogens (tertiary/aromatic N) is 2. The van der Waals surface area contributed by atoms with Gasteiger partial charge >= 0.3 is 0 Å². The van der Waals surface area contributed by atoms with E-state index in [4.69, 9.17) is 17.3 Å². The SMILES string of the molecule is NC(CCl)=Nc1cccc(N2CCCCC2)c1. The highest BCUT2D eigenvalue weighted by Crippen LogP contribution is 2.24. The third-order valence-electron chi connectivity index (χ3n) is 2.96. The van der Waals surface area contributed by atoms with Crippen LogP contribution in [-0.4, -0.2) is 24.8 Å². The Morgan fingerprint density at radius 2 is 2.06 bits per heavy atom. The number of hydrogen-bond acceptors (Lipinski definition) is 2. The van der Waals surface area contributed by atoms with Gasteiger partial charge in [-0.1, -0.05) is 6.07 Å². The van der Waals surface area contributed by atoms with E-state index in [1.807, 2.05) is 12.1 Å². The van der Waals surface area contributed by atoms with Crippen molar-refractivity contribution in [2.45, 2.75) is 19.3 Å². The Morgan fingerprint density at radius 1 is 1.29 bits per heavy atom. The summed E-state index contributed by atoms with van der Waals surface area (Å²) in [4.78, 5) is 6.67. The van der Waals surface area contributed by atoms with Crippen LogP contribution < -0.4 is 10.6 Å². The number of anilines is 1. The van der Waals surface area contributed by atoms with Crippen LogP contribution in [0.5, 0.6) is 0 Å². The number of halogens is 1. The topological polar surface area (TPSA) is 41.6 Å². The molecule has 1 heterocycles. The third-order valence-corrected chi connectivity index (χ3v) is 3.23. The van der Waals surface area contributed by atoms with Crippen LogP contribution in [0.4, 0.5) is 11.4 Å². The molecule has 1 fully saturated rings. The lowest BCUT2D eigenvalue weighted by atomic mass is 10.1. The van der Waals surface area contributed by atoms with E-state index in [1.54, 1.807) is 0 Å². The average molecular weight is 252 g/mol. The Bertz CT molecular complexity index is 397. The van der Waals surface area contributed by atoms with Crippen molar-refractivity contribution in [2.75, 3.05) is 23.9 Å². The number of piperidine rings is 1. The van der Waals surface area contributed by atoms with Crippen molar-refractivity contribution in [3.63, 3.8) is 0 Å². The van der Waals surface area contributed by atoms with Crippen molar-refractivity contribution in [1.29, 1.82) is 0 Å². The number of alkyl halides is 1. The van der Waals surface area contributed by atoms with Gasteiger partial charge in [0.15, 0.2) is 0 Å². The van der Waals surface area contributed by atoms with Crippen LogP contribution in [0.2, 0.25) is 0 Å². The van der Waals surface area contributed by atoms with Crippen LogP contribution in [0.1, 0.15) is 19.3 Å². The highest BCUT2D eigenvalue weighted by Gasteiger charge is 2.10. The molecule has 0 atom stereocenters. The fraction of sp³-hybridized carbons (Fsp3) is 0.462. The van der Waals surface area contributed by atoms with Crippen molar-refractivity contribution in [1.82, 2.24) is 0 Å². The van der Waals surface area contributed by atoms with Crippen molar-refractivity contribution in [3.8, 4) is 0 Å². The van der Waals surface area contributed by atoms with E-state index in [-0.39, 0.29) is 5.88 Å². The van der Waals surface area contributed by atoms with Crippen LogP contribution in [0.3, 0.4) is 0 Å². The molecule has 1 aromatic carbocycles. The predicted molar refractivity (Wildman–Crippen MR) is 74.5 cm³/mol.